The van der Waals surface area contributed by atoms with Gasteiger partial charge in [-0.05, 0) is 42.7 Å². The van der Waals surface area contributed by atoms with Crippen LogP contribution in [0.2, 0.25) is 5.02 Å². The summed E-state index contributed by atoms with van der Waals surface area (Å²) in [5.41, 5.74) is 1.67. The molecule has 1 aliphatic carbocycles. The zero-order chi connectivity index (χ0) is 13.3. The van der Waals surface area contributed by atoms with Crippen molar-refractivity contribution in [2.45, 2.75) is 52.6 Å². The molecule has 2 unspecified atom stereocenters. The van der Waals surface area contributed by atoms with E-state index >= 15 is 0 Å². The van der Waals surface area contributed by atoms with Crippen molar-refractivity contribution in [3.05, 3.63) is 34.9 Å². The Labute approximate surface area is 116 Å². The molecule has 1 nitrogen and oxygen atoms in total. The molecule has 0 spiro atoms. The first kappa shape index (κ1) is 13.9. The average Bonchev–Trinajstić information content (AvgIpc) is 2.52. The molecule has 2 rings (SSSR count). The summed E-state index contributed by atoms with van der Waals surface area (Å²) < 4.78 is 0. The van der Waals surface area contributed by atoms with Crippen LogP contribution in [0, 0.1) is 11.3 Å². The van der Waals surface area contributed by atoms with E-state index in [9.17, 15) is 0 Å². The standard InChI is InChI=1S/C16H24ClN/c1-11-9-16(3,4)10-15(11)18-12(2)13-7-5-6-8-14(13)17/h5-8,11-12,15,18H,9-10H2,1-4H3/t11?,12-,15?/m0/s1. The first-order valence-electron chi connectivity index (χ1n) is 6.89. The Bertz CT molecular complexity index is 413. The van der Waals surface area contributed by atoms with Crippen molar-refractivity contribution in [1.29, 1.82) is 0 Å². The second-order valence-corrected chi connectivity index (χ2v) is 6.97. The number of halogens is 1. The van der Waals surface area contributed by atoms with E-state index in [-0.39, 0.29) is 0 Å². The third kappa shape index (κ3) is 3.07. The van der Waals surface area contributed by atoms with Crippen molar-refractivity contribution < 1.29 is 0 Å². The molecule has 0 bridgehead atoms. The van der Waals surface area contributed by atoms with Crippen LogP contribution in [0.25, 0.3) is 0 Å². The molecule has 0 amide bonds. The van der Waals surface area contributed by atoms with Crippen LogP contribution in [-0.2, 0) is 0 Å². The highest BCUT2D eigenvalue weighted by atomic mass is 35.5. The highest BCUT2D eigenvalue weighted by Gasteiger charge is 2.37. The summed E-state index contributed by atoms with van der Waals surface area (Å²) >= 11 is 6.26. The molecule has 0 radical (unpaired) electrons. The molecule has 1 fully saturated rings. The first-order valence-corrected chi connectivity index (χ1v) is 7.27. The van der Waals surface area contributed by atoms with Gasteiger partial charge in [0.05, 0.1) is 0 Å². The second kappa shape index (κ2) is 5.22. The van der Waals surface area contributed by atoms with Gasteiger partial charge >= 0.3 is 0 Å². The van der Waals surface area contributed by atoms with Crippen LogP contribution in [0.3, 0.4) is 0 Å². The van der Waals surface area contributed by atoms with Crippen LogP contribution in [0.15, 0.2) is 24.3 Å². The van der Waals surface area contributed by atoms with Crippen LogP contribution in [0.1, 0.15) is 52.1 Å². The van der Waals surface area contributed by atoms with Gasteiger partial charge in [-0.1, -0.05) is 50.6 Å². The molecule has 1 aliphatic rings. The maximum atomic E-state index is 6.26. The lowest BCUT2D eigenvalue weighted by atomic mass is 9.91. The fourth-order valence-corrected chi connectivity index (χ4v) is 3.65. The van der Waals surface area contributed by atoms with Crippen molar-refractivity contribution in [3.63, 3.8) is 0 Å². The Hall–Kier alpha value is -0.530. The lowest BCUT2D eigenvalue weighted by molar-refractivity contribution is 0.356. The molecule has 1 aromatic rings. The Morgan fingerprint density at radius 1 is 1.28 bits per heavy atom. The van der Waals surface area contributed by atoms with Crippen LogP contribution in [0.4, 0.5) is 0 Å². The highest BCUT2D eigenvalue weighted by molar-refractivity contribution is 6.31. The summed E-state index contributed by atoms with van der Waals surface area (Å²) in [7, 11) is 0. The monoisotopic (exact) mass is 265 g/mol. The molecule has 3 atom stereocenters. The van der Waals surface area contributed by atoms with E-state index in [1.807, 2.05) is 12.1 Å². The van der Waals surface area contributed by atoms with Gasteiger partial charge in [-0.2, -0.15) is 0 Å². The fraction of sp³-hybridized carbons (Fsp3) is 0.625. The van der Waals surface area contributed by atoms with E-state index in [1.165, 1.54) is 18.4 Å². The van der Waals surface area contributed by atoms with Gasteiger partial charge in [0.1, 0.15) is 0 Å². The summed E-state index contributed by atoms with van der Waals surface area (Å²) in [5, 5.41) is 4.62. The zero-order valence-corrected chi connectivity index (χ0v) is 12.6. The maximum absolute atomic E-state index is 6.26. The smallest absolute Gasteiger partial charge is 0.0453 e. The summed E-state index contributed by atoms with van der Waals surface area (Å²) in [6.07, 6.45) is 2.56. The lowest BCUT2D eigenvalue weighted by Crippen LogP contribution is -2.33. The van der Waals surface area contributed by atoms with Crippen molar-refractivity contribution in [1.82, 2.24) is 5.32 Å². The minimum absolute atomic E-state index is 0.319. The Morgan fingerprint density at radius 3 is 2.50 bits per heavy atom. The van der Waals surface area contributed by atoms with E-state index in [1.54, 1.807) is 0 Å². The minimum Gasteiger partial charge on any atom is -0.307 e. The van der Waals surface area contributed by atoms with Crippen molar-refractivity contribution in [3.8, 4) is 0 Å². The zero-order valence-electron chi connectivity index (χ0n) is 11.8. The molecule has 1 aromatic carbocycles. The third-order valence-corrected chi connectivity index (χ3v) is 4.51. The molecule has 2 heteroatoms. The van der Waals surface area contributed by atoms with E-state index in [2.05, 4.69) is 45.1 Å². The predicted octanol–water partition coefficient (Wildman–Crippen LogP) is 4.82. The largest absolute Gasteiger partial charge is 0.307 e. The van der Waals surface area contributed by atoms with Gasteiger partial charge in [0.2, 0.25) is 0 Å². The van der Waals surface area contributed by atoms with Crippen LogP contribution in [-0.4, -0.2) is 6.04 Å². The molecule has 18 heavy (non-hydrogen) atoms. The van der Waals surface area contributed by atoms with Crippen LogP contribution in [0.5, 0.6) is 0 Å². The first-order chi connectivity index (χ1) is 8.39. The summed E-state index contributed by atoms with van der Waals surface area (Å²) in [4.78, 5) is 0. The number of nitrogens with one attached hydrogen (secondary N) is 1. The molecular formula is C16H24ClN. The van der Waals surface area contributed by atoms with E-state index in [0.717, 1.165) is 10.9 Å². The van der Waals surface area contributed by atoms with Gasteiger partial charge in [-0.25, -0.2) is 0 Å². The minimum atomic E-state index is 0.319. The lowest BCUT2D eigenvalue weighted by Gasteiger charge is -2.24. The normalized spacial score (nSPS) is 28.3. The fourth-order valence-electron chi connectivity index (χ4n) is 3.35. The molecule has 100 valence electrons. The topological polar surface area (TPSA) is 12.0 Å². The molecule has 1 N–H and O–H groups in total. The number of rotatable bonds is 3. The molecule has 0 saturated heterocycles. The van der Waals surface area contributed by atoms with E-state index in [4.69, 9.17) is 11.6 Å². The maximum Gasteiger partial charge on any atom is 0.0453 e. The second-order valence-electron chi connectivity index (χ2n) is 6.57. The predicted molar refractivity (Wildman–Crippen MR) is 79.0 cm³/mol. The number of hydrogen-bond donors (Lipinski definition) is 1. The molecule has 0 aliphatic heterocycles. The van der Waals surface area contributed by atoms with Gasteiger partial charge in [-0.3, -0.25) is 0 Å². The van der Waals surface area contributed by atoms with Gasteiger partial charge in [-0.15, -0.1) is 0 Å². The van der Waals surface area contributed by atoms with Crippen LogP contribution >= 0.6 is 11.6 Å². The van der Waals surface area contributed by atoms with E-state index in [0.29, 0.717) is 17.5 Å². The Kier molecular flexibility index (Phi) is 4.03. The molecular weight excluding hydrogens is 242 g/mol. The van der Waals surface area contributed by atoms with Gasteiger partial charge in [0.25, 0.3) is 0 Å². The van der Waals surface area contributed by atoms with Gasteiger partial charge < -0.3 is 5.32 Å². The summed E-state index contributed by atoms with van der Waals surface area (Å²) in [6, 6.07) is 9.05. The highest BCUT2D eigenvalue weighted by Crippen LogP contribution is 2.41. The number of hydrogen-bond acceptors (Lipinski definition) is 1. The molecule has 0 aromatic heterocycles. The summed E-state index contributed by atoms with van der Waals surface area (Å²) in [6.45, 7) is 9.29. The molecule has 0 heterocycles. The molecule has 1 saturated carbocycles. The SMILES string of the molecule is CC1CC(C)(C)CC1N[C@@H](C)c1ccccc1Cl. The summed E-state index contributed by atoms with van der Waals surface area (Å²) in [5.74, 6) is 0.741. The van der Waals surface area contributed by atoms with Gasteiger partial charge in [0.15, 0.2) is 0 Å². The van der Waals surface area contributed by atoms with Gasteiger partial charge in [0, 0.05) is 17.1 Å². The Morgan fingerprint density at radius 2 is 1.94 bits per heavy atom. The third-order valence-electron chi connectivity index (χ3n) is 4.17. The van der Waals surface area contributed by atoms with Crippen molar-refractivity contribution >= 4 is 11.6 Å². The quantitative estimate of drug-likeness (QED) is 0.827. The van der Waals surface area contributed by atoms with Crippen molar-refractivity contribution in [2.75, 3.05) is 0 Å². The van der Waals surface area contributed by atoms with Crippen LogP contribution < -0.4 is 5.32 Å². The average molecular weight is 266 g/mol. The number of benzene rings is 1. The Balaban J connectivity index is 2.04. The van der Waals surface area contributed by atoms with Crippen molar-refractivity contribution in [2.24, 2.45) is 11.3 Å². The van der Waals surface area contributed by atoms with E-state index < -0.39 is 0 Å².